The molecule has 5 rings (SSSR count). The molecule has 0 aliphatic carbocycles. The Bertz CT molecular complexity index is 1750. The highest BCUT2D eigenvalue weighted by atomic mass is 79.9. The first-order chi connectivity index (χ1) is 19.2. The second-order valence-electron chi connectivity index (χ2n) is 8.64. The lowest BCUT2D eigenvalue weighted by atomic mass is 10.0. The molecule has 1 aromatic heterocycles. The van der Waals surface area contributed by atoms with Crippen LogP contribution in [0.1, 0.15) is 32.0 Å². The van der Waals surface area contributed by atoms with Gasteiger partial charge in [-0.1, -0.05) is 64.5 Å². The van der Waals surface area contributed by atoms with E-state index in [2.05, 4.69) is 31.4 Å². The number of aromatic amines is 1. The van der Waals surface area contributed by atoms with E-state index >= 15 is 0 Å². The van der Waals surface area contributed by atoms with Crippen LogP contribution in [0.2, 0.25) is 0 Å². The van der Waals surface area contributed by atoms with Crippen molar-refractivity contribution in [2.24, 2.45) is 5.10 Å². The van der Waals surface area contributed by atoms with Crippen molar-refractivity contribution >= 4 is 44.9 Å². The lowest BCUT2D eigenvalue weighted by Crippen LogP contribution is -2.19. The first kappa shape index (κ1) is 26.9. The number of nitrogens with zero attached hydrogens (tertiary/aromatic N) is 1. The summed E-state index contributed by atoms with van der Waals surface area (Å²) >= 11 is 3.48. The highest BCUT2D eigenvalue weighted by molar-refractivity contribution is 9.10. The molecule has 10 heteroatoms. The largest absolute Gasteiger partial charge is 0.422 e. The monoisotopic (exact) mass is 605 g/mol. The van der Waals surface area contributed by atoms with Gasteiger partial charge < -0.3 is 9.72 Å². The predicted octanol–water partition coefficient (Wildman–Crippen LogP) is 7.60. The number of amides is 1. The van der Waals surface area contributed by atoms with Gasteiger partial charge in [0, 0.05) is 26.5 Å². The second-order valence-corrected chi connectivity index (χ2v) is 9.55. The van der Waals surface area contributed by atoms with Crippen LogP contribution in [0, 0.1) is 0 Å². The fourth-order valence-electron chi connectivity index (χ4n) is 4.12. The van der Waals surface area contributed by atoms with Gasteiger partial charge in [0.1, 0.15) is 11.4 Å². The molecule has 0 unspecified atom stereocenters. The van der Waals surface area contributed by atoms with Crippen molar-refractivity contribution in [1.29, 1.82) is 0 Å². The van der Waals surface area contributed by atoms with Crippen molar-refractivity contribution in [2.75, 3.05) is 0 Å². The van der Waals surface area contributed by atoms with E-state index in [9.17, 15) is 22.8 Å². The van der Waals surface area contributed by atoms with Crippen molar-refractivity contribution in [3.05, 3.63) is 124 Å². The molecule has 0 fully saturated rings. The van der Waals surface area contributed by atoms with Crippen molar-refractivity contribution in [3.8, 4) is 16.9 Å². The molecular weight excluding hydrogens is 587 g/mol. The molecule has 1 heterocycles. The predicted molar refractivity (Wildman–Crippen MR) is 149 cm³/mol. The molecule has 40 heavy (non-hydrogen) atoms. The van der Waals surface area contributed by atoms with Gasteiger partial charge in [-0.3, -0.25) is 4.79 Å². The third-order valence-corrected chi connectivity index (χ3v) is 6.46. The summed E-state index contributed by atoms with van der Waals surface area (Å²) in [6, 6.07) is 25.4. The van der Waals surface area contributed by atoms with E-state index in [-0.39, 0.29) is 11.3 Å². The number of hydrogen-bond acceptors (Lipinski definition) is 4. The van der Waals surface area contributed by atoms with Crippen LogP contribution in [-0.4, -0.2) is 23.1 Å². The Balaban J connectivity index is 1.37. The number of para-hydroxylation sites is 1. The molecule has 5 aromatic rings. The Kier molecular flexibility index (Phi) is 7.52. The molecule has 4 aromatic carbocycles. The van der Waals surface area contributed by atoms with Crippen LogP contribution in [0.3, 0.4) is 0 Å². The van der Waals surface area contributed by atoms with Gasteiger partial charge in [0.25, 0.3) is 5.91 Å². The lowest BCUT2D eigenvalue weighted by Gasteiger charge is -2.10. The van der Waals surface area contributed by atoms with Crippen molar-refractivity contribution < 1.29 is 27.5 Å². The standard InChI is InChI=1S/C30H19BrF3N3O3/c31-22-13-14-24-23(16-22)26(18-7-2-1-3-8-18)27(36-24)28(38)37-35-17-20-9-4-5-12-25(20)40-29(39)19-10-6-11-21(15-19)30(32,33)34/h1-17,36H,(H,37,38). The number of carbonyl (C=O) groups is 2. The Hall–Kier alpha value is -4.70. The number of alkyl halides is 3. The molecule has 0 aliphatic rings. The van der Waals surface area contributed by atoms with Crippen molar-refractivity contribution in [3.63, 3.8) is 0 Å². The number of aromatic nitrogens is 1. The van der Waals surface area contributed by atoms with Gasteiger partial charge in [0.2, 0.25) is 0 Å². The summed E-state index contributed by atoms with van der Waals surface area (Å²) < 4.78 is 45.3. The van der Waals surface area contributed by atoms with Crippen molar-refractivity contribution in [1.82, 2.24) is 10.4 Å². The molecule has 0 bridgehead atoms. The van der Waals surface area contributed by atoms with Gasteiger partial charge in [-0.05, 0) is 54.1 Å². The van der Waals surface area contributed by atoms with Crippen LogP contribution in [-0.2, 0) is 6.18 Å². The normalized spacial score (nSPS) is 11.6. The van der Waals surface area contributed by atoms with Gasteiger partial charge in [0.15, 0.2) is 0 Å². The average molecular weight is 606 g/mol. The molecule has 0 radical (unpaired) electrons. The highest BCUT2D eigenvalue weighted by Crippen LogP contribution is 2.34. The number of hydrazone groups is 1. The molecule has 2 N–H and O–H groups in total. The van der Waals surface area contributed by atoms with Gasteiger partial charge in [-0.25, -0.2) is 10.2 Å². The minimum Gasteiger partial charge on any atom is -0.422 e. The maximum Gasteiger partial charge on any atom is 0.416 e. The zero-order valence-corrected chi connectivity index (χ0v) is 22.1. The Morgan fingerprint density at radius 1 is 0.900 bits per heavy atom. The van der Waals surface area contributed by atoms with E-state index in [4.69, 9.17) is 4.74 Å². The van der Waals surface area contributed by atoms with Gasteiger partial charge in [-0.2, -0.15) is 18.3 Å². The maximum absolute atomic E-state index is 13.2. The summed E-state index contributed by atoms with van der Waals surface area (Å²) in [6.07, 6.45) is -3.31. The van der Waals surface area contributed by atoms with Crippen LogP contribution < -0.4 is 10.2 Å². The van der Waals surface area contributed by atoms with Crippen LogP contribution in [0.15, 0.2) is 107 Å². The van der Waals surface area contributed by atoms with E-state index in [0.717, 1.165) is 39.1 Å². The van der Waals surface area contributed by atoms with E-state index in [1.54, 1.807) is 18.2 Å². The number of esters is 1. The molecule has 1 amide bonds. The molecule has 0 saturated heterocycles. The molecule has 0 saturated carbocycles. The minimum atomic E-state index is -4.60. The zero-order chi connectivity index (χ0) is 28.3. The molecule has 0 aliphatic heterocycles. The second kappa shape index (κ2) is 11.2. The summed E-state index contributed by atoms with van der Waals surface area (Å²) in [5.41, 5.74) is 4.22. The summed E-state index contributed by atoms with van der Waals surface area (Å²) in [4.78, 5) is 28.9. The van der Waals surface area contributed by atoms with Gasteiger partial charge in [-0.15, -0.1) is 0 Å². The number of benzene rings is 4. The quantitative estimate of drug-likeness (QED) is 0.0904. The summed E-state index contributed by atoms with van der Waals surface area (Å²) in [6.45, 7) is 0. The topological polar surface area (TPSA) is 83.5 Å². The smallest absolute Gasteiger partial charge is 0.416 e. The lowest BCUT2D eigenvalue weighted by molar-refractivity contribution is -0.137. The average Bonchev–Trinajstić information content (AvgIpc) is 3.32. The van der Waals surface area contributed by atoms with E-state index < -0.39 is 23.6 Å². The van der Waals surface area contributed by atoms with Gasteiger partial charge >= 0.3 is 12.1 Å². The van der Waals surface area contributed by atoms with Crippen LogP contribution >= 0.6 is 15.9 Å². The summed E-state index contributed by atoms with van der Waals surface area (Å²) in [5, 5.41) is 4.88. The Labute approximate surface area is 234 Å². The summed E-state index contributed by atoms with van der Waals surface area (Å²) in [5.74, 6) is -1.41. The zero-order valence-electron chi connectivity index (χ0n) is 20.5. The third-order valence-electron chi connectivity index (χ3n) is 5.97. The number of ether oxygens (including phenoxy) is 1. The number of hydrogen-bond donors (Lipinski definition) is 2. The van der Waals surface area contributed by atoms with Gasteiger partial charge in [0.05, 0.1) is 17.3 Å². The molecule has 0 spiro atoms. The fraction of sp³-hybridized carbons (Fsp3) is 0.0333. The number of H-pyrrole nitrogens is 1. The Morgan fingerprint density at radius 3 is 2.42 bits per heavy atom. The number of halogens is 4. The fourth-order valence-corrected chi connectivity index (χ4v) is 4.48. The number of carbonyl (C=O) groups excluding carboxylic acids is 2. The van der Waals surface area contributed by atoms with E-state index in [0.29, 0.717) is 16.8 Å². The van der Waals surface area contributed by atoms with E-state index in [1.165, 1.54) is 18.3 Å². The molecule has 0 atom stereocenters. The maximum atomic E-state index is 13.2. The minimum absolute atomic E-state index is 0.0587. The molecule has 6 nitrogen and oxygen atoms in total. The third kappa shape index (κ3) is 5.81. The number of nitrogens with one attached hydrogen (secondary N) is 2. The summed E-state index contributed by atoms with van der Waals surface area (Å²) in [7, 11) is 0. The van der Waals surface area contributed by atoms with Crippen LogP contribution in [0.5, 0.6) is 5.75 Å². The SMILES string of the molecule is O=C(Oc1ccccc1C=NNC(=O)c1[nH]c2ccc(Br)cc2c1-c1ccccc1)c1cccc(C(F)(F)F)c1. The first-order valence-electron chi connectivity index (χ1n) is 11.9. The highest BCUT2D eigenvalue weighted by Gasteiger charge is 2.31. The van der Waals surface area contributed by atoms with Crippen LogP contribution in [0.4, 0.5) is 13.2 Å². The number of fused-ring (bicyclic) bond motifs is 1. The van der Waals surface area contributed by atoms with Crippen molar-refractivity contribution in [2.45, 2.75) is 6.18 Å². The molecular formula is C30H19BrF3N3O3. The van der Waals surface area contributed by atoms with E-state index in [1.807, 2.05) is 48.5 Å². The molecule has 200 valence electrons. The van der Waals surface area contributed by atoms with Crippen LogP contribution in [0.25, 0.3) is 22.0 Å². The number of rotatable bonds is 6. The Morgan fingerprint density at radius 2 is 1.65 bits per heavy atom. The first-order valence-corrected chi connectivity index (χ1v) is 12.7.